The van der Waals surface area contributed by atoms with Gasteiger partial charge in [-0.05, 0) is 60.3 Å². The summed E-state index contributed by atoms with van der Waals surface area (Å²) in [5, 5.41) is 0. The predicted octanol–water partition coefficient (Wildman–Crippen LogP) is -1.70. The lowest BCUT2D eigenvalue weighted by Crippen LogP contribution is -3.00. The molecule has 0 nitrogen and oxygen atoms in total. The van der Waals surface area contributed by atoms with Gasteiger partial charge >= 0.3 is 0 Å². The maximum Gasteiger partial charge on any atom is 0.133 e. The Morgan fingerprint density at radius 1 is 0.545 bits per heavy atom. The zero-order valence-electron chi connectivity index (χ0n) is 13.4. The fourth-order valence-electron chi connectivity index (χ4n) is 3.27. The van der Waals surface area contributed by atoms with Crippen LogP contribution in [0.3, 0.4) is 0 Å². The summed E-state index contributed by atoms with van der Waals surface area (Å²) >= 11 is 0. The molecule has 0 atom stereocenters. The highest BCUT2D eigenvalue weighted by Crippen LogP contribution is 2.21. The van der Waals surface area contributed by atoms with Crippen LogP contribution in [0.1, 0.15) is 49.7 Å². The Kier molecular flexibility index (Phi) is 10.4. The Hall–Kier alpha value is 0.500. The van der Waals surface area contributed by atoms with E-state index in [0.29, 0.717) is 21.8 Å². The molecule has 0 N–H and O–H groups in total. The number of rotatable bonds is 4. The minimum Gasteiger partial charge on any atom is -1.00 e. The zero-order chi connectivity index (χ0) is 13.6. The van der Waals surface area contributed by atoms with E-state index in [4.69, 9.17) is 0 Å². The molecule has 0 saturated carbocycles. The minimum absolute atomic E-state index is 0. The van der Waals surface area contributed by atoms with Crippen molar-refractivity contribution in [2.75, 3.05) is 23.0 Å². The molecule has 2 saturated heterocycles. The molecule has 1 aromatic rings. The second-order valence-electron chi connectivity index (χ2n) is 6.27. The molecule has 126 valence electrons. The van der Waals surface area contributed by atoms with Crippen LogP contribution in [0.4, 0.5) is 0 Å². The van der Waals surface area contributed by atoms with Crippen LogP contribution in [0.15, 0.2) is 24.3 Å². The van der Waals surface area contributed by atoms with Crippen molar-refractivity contribution in [2.24, 2.45) is 0 Å². The summed E-state index contributed by atoms with van der Waals surface area (Å²) in [6, 6.07) is 9.68. The van der Waals surface area contributed by atoms with E-state index in [-0.39, 0.29) is 24.8 Å². The van der Waals surface area contributed by atoms with E-state index in [1.165, 1.54) is 73.0 Å². The van der Waals surface area contributed by atoms with Crippen molar-refractivity contribution in [2.45, 2.75) is 50.0 Å². The molecular formula is C18H28Cl2S2. The standard InChI is InChI=1S/C18H28S2.2ClH/c1-3-11-19(12-4-1)15-17-7-9-18(10-8-17)16-20-13-5-2-6-14-20;;/h7-10H,1-6,11-16H2;2*1H/q+2;;/p-2. The van der Waals surface area contributed by atoms with Gasteiger partial charge < -0.3 is 24.8 Å². The Labute approximate surface area is 154 Å². The van der Waals surface area contributed by atoms with Gasteiger partial charge in [-0.15, -0.1) is 0 Å². The Balaban J connectivity index is 0.00000121. The van der Waals surface area contributed by atoms with E-state index in [0.717, 1.165) is 0 Å². The van der Waals surface area contributed by atoms with Crippen LogP contribution in [0.25, 0.3) is 0 Å². The molecule has 0 spiro atoms. The van der Waals surface area contributed by atoms with E-state index >= 15 is 0 Å². The Morgan fingerprint density at radius 3 is 1.18 bits per heavy atom. The predicted molar refractivity (Wildman–Crippen MR) is 95.8 cm³/mol. The van der Waals surface area contributed by atoms with Crippen molar-refractivity contribution in [1.82, 2.24) is 0 Å². The second kappa shape index (κ2) is 11.1. The monoisotopic (exact) mass is 378 g/mol. The van der Waals surface area contributed by atoms with Crippen molar-refractivity contribution < 1.29 is 24.8 Å². The summed E-state index contributed by atoms with van der Waals surface area (Å²) in [6.45, 7) is 0. The summed E-state index contributed by atoms with van der Waals surface area (Å²) in [6.07, 6.45) is 8.86. The van der Waals surface area contributed by atoms with Gasteiger partial charge in [0.15, 0.2) is 0 Å². The highest BCUT2D eigenvalue weighted by molar-refractivity contribution is 7.96. The average molecular weight is 379 g/mol. The van der Waals surface area contributed by atoms with Gasteiger partial charge in [-0.3, -0.25) is 0 Å². The molecular weight excluding hydrogens is 351 g/mol. The topological polar surface area (TPSA) is 0 Å². The SMILES string of the molecule is [Cl-].[Cl-].c1cc(C[S+]2CCCCC2)ccc1C[S+]1CCCCC1. The van der Waals surface area contributed by atoms with E-state index in [2.05, 4.69) is 24.3 Å². The van der Waals surface area contributed by atoms with Crippen LogP contribution < -0.4 is 24.8 Å². The molecule has 2 aliphatic rings. The minimum atomic E-state index is 0. The van der Waals surface area contributed by atoms with Gasteiger partial charge in [-0.25, -0.2) is 0 Å². The van der Waals surface area contributed by atoms with Crippen molar-refractivity contribution in [3.8, 4) is 0 Å². The molecule has 22 heavy (non-hydrogen) atoms. The number of hydrogen-bond donors (Lipinski definition) is 0. The summed E-state index contributed by atoms with van der Waals surface area (Å²) in [5.41, 5.74) is 3.18. The largest absolute Gasteiger partial charge is 1.00 e. The molecule has 2 aliphatic heterocycles. The smallest absolute Gasteiger partial charge is 0.133 e. The summed E-state index contributed by atoms with van der Waals surface area (Å²) < 4.78 is 0. The zero-order valence-corrected chi connectivity index (χ0v) is 16.5. The van der Waals surface area contributed by atoms with Crippen LogP contribution >= 0.6 is 0 Å². The van der Waals surface area contributed by atoms with Crippen LogP contribution in [0, 0.1) is 0 Å². The third-order valence-electron chi connectivity index (χ3n) is 4.50. The second-order valence-corrected chi connectivity index (χ2v) is 10.9. The van der Waals surface area contributed by atoms with E-state index in [1.54, 1.807) is 11.1 Å². The van der Waals surface area contributed by atoms with E-state index < -0.39 is 0 Å². The first-order valence-corrected chi connectivity index (χ1v) is 11.7. The van der Waals surface area contributed by atoms with E-state index in [1.807, 2.05) is 0 Å². The molecule has 0 amide bonds. The molecule has 0 unspecified atom stereocenters. The highest BCUT2D eigenvalue weighted by atomic mass is 35.5. The molecule has 0 aliphatic carbocycles. The average Bonchev–Trinajstić information content (AvgIpc) is 2.51. The first kappa shape index (κ1) is 20.5. The quantitative estimate of drug-likeness (QED) is 0.547. The molecule has 2 fully saturated rings. The molecule has 4 heteroatoms. The normalized spacial score (nSPS) is 20.0. The third-order valence-corrected chi connectivity index (χ3v) is 9.44. The van der Waals surface area contributed by atoms with Gasteiger partial charge in [0.1, 0.15) is 34.5 Å². The maximum atomic E-state index is 2.42. The Bertz CT molecular complexity index is 357. The molecule has 1 aromatic carbocycles. The fourth-order valence-corrected chi connectivity index (χ4v) is 8.04. The van der Waals surface area contributed by atoms with Gasteiger partial charge in [0.25, 0.3) is 0 Å². The maximum absolute atomic E-state index is 2.42. The van der Waals surface area contributed by atoms with Gasteiger partial charge in [-0.1, -0.05) is 24.3 Å². The molecule has 0 aromatic heterocycles. The fraction of sp³-hybridized carbons (Fsp3) is 0.667. The number of hydrogen-bond acceptors (Lipinski definition) is 0. The third kappa shape index (κ3) is 6.55. The summed E-state index contributed by atoms with van der Waals surface area (Å²) in [5.74, 6) is 8.67. The van der Waals surface area contributed by atoms with Crippen LogP contribution in [-0.2, 0) is 33.3 Å². The van der Waals surface area contributed by atoms with Crippen molar-refractivity contribution in [1.29, 1.82) is 0 Å². The molecule has 3 rings (SSSR count). The molecule has 0 bridgehead atoms. The van der Waals surface area contributed by atoms with Crippen molar-refractivity contribution in [3.63, 3.8) is 0 Å². The number of benzene rings is 1. The molecule has 0 radical (unpaired) electrons. The first-order chi connectivity index (χ1) is 9.90. The first-order valence-electron chi connectivity index (χ1n) is 8.26. The Morgan fingerprint density at radius 2 is 0.864 bits per heavy atom. The lowest BCUT2D eigenvalue weighted by atomic mass is 10.2. The van der Waals surface area contributed by atoms with Crippen LogP contribution in [0.2, 0.25) is 0 Å². The summed E-state index contributed by atoms with van der Waals surface area (Å²) in [7, 11) is 1.39. The van der Waals surface area contributed by atoms with Crippen molar-refractivity contribution >= 4 is 21.8 Å². The molecule has 2 heterocycles. The number of halogens is 2. The van der Waals surface area contributed by atoms with Crippen LogP contribution in [-0.4, -0.2) is 23.0 Å². The lowest BCUT2D eigenvalue weighted by Gasteiger charge is -2.15. The lowest BCUT2D eigenvalue weighted by molar-refractivity contribution is -0.001000. The van der Waals surface area contributed by atoms with Gasteiger partial charge in [0.2, 0.25) is 0 Å². The van der Waals surface area contributed by atoms with Gasteiger partial charge in [0, 0.05) is 11.1 Å². The summed E-state index contributed by atoms with van der Waals surface area (Å²) in [4.78, 5) is 0. The highest BCUT2D eigenvalue weighted by Gasteiger charge is 2.23. The van der Waals surface area contributed by atoms with Crippen molar-refractivity contribution in [3.05, 3.63) is 35.4 Å². The van der Waals surface area contributed by atoms with E-state index in [9.17, 15) is 0 Å². The van der Waals surface area contributed by atoms with Gasteiger partial charge in [-0.2, -0.15) is 0 Å². The van der Waals surface area contributed by atoms with Gasteiger partial charge in [0.05, 0.1) is 0 Å². The van der Waals surface area contributed by atoms with Crippen LogP contribution in [0.5, 0.6) is 0 Å².